The quantitative estimate of drug-likeness (QED) is 0.287. The average molecular weight is 201 g/mol. The van der Waals surface area contributed by atoms with Crippen molar-refractivity contribution >= 4 is 5.91 Å². The highest BCUT2D eigenvalue weighted by molar-refractivity contribution is 5.85. The first-order valence-electron chi connectivity index (χ1n) is 4.71. The minimum Gasteiger partial charge on any atom is -0.304 e. The van der Waals surface area contributed by atoms with Crippen molar-refractivity contribution in [2.24, 2.45) is 0 Å². The van der Waals surface area contributed by atoms with E-state index in [1.807, 2.05) is 28.1 Å². The fraction of sp³-hybridized carbons (Fsp3) is 0.700. The molecule has 0 aromatic heterocycles. The van der Waals surface area contributed by atoms with Gasteiger partial charge >= 0.3 is 0 Å². The summed E-state index contributed by atoms with van der Waals surface area (Å²) in [5.74, 6) is -0.225. The van der Waals surface area contributed by atoms with E-state index in [1.54, 1.807) is 7.05 Å². The summed E-state index contributed by atoms with van der Waals surface area (Å²) in [4.78, 5) is 16.7. The second-order valence-electron chi connectivity index (χ2n) is 4.12. The van der Waals surface area contributed by atoms with Crippen molar-refractivity contribution < 1.29 is 14.1 Å². The summed E-state index contributed by atoms with van der Waals surface area (Å²) in [5.41, 5.74) is 0. The zero-order chi connectivity index (χ0) is 11.4. The molecule has 0 saturated carbocycles. The third-order valence-electron chi connectivity index (χ3n) is 1.98. The molecule has 0 fully saturated rings. The van der Waals surface area contributed by atoms with Gasteiger partial charge in [-0.2, -0.15) is 0 Å². The highest BCUT2D eigenvalue weighted by atomic mass is 16.7. The van der Waals surface area contributed by atoms with Gasteiger partial charge < -0.3 is 4.48 Å². The van der Waals surface area contributed by atoms with Gasteiger partial charge in [0.05, 0.1) is 21.1 Å². The Hall–Kier alpha value is -0.870. The van der Waals surface area contributed by atoms with Crippen molar-refractivity contribution in [2.45, 2.75) is 19.6 Å². The Morgan fingerprint density at radius 2 is 2.07 bits per heavy atom. The van der Waals surface area contributed by atoms with Gasteiger partial charge in [0.25, 0.3) is 5.91 Å². The minimum atomic E-state index is -0.225. The maximum atomic E-state index is 11.2. The average Bonchev–Trinajstić information content (AvgIpc) is 2.10. The Morgan fingerprint density at radius 1 is 1.57 bits per heavy atom. The van der Waals surface area contributed by atoms with Crippen LogP contribution in [-0.2, 0) is 9.63 Å². The van der Waals surface area contributed by atoms with Crippen LogP contribution in [0.15, 0.2) is 12.7 Å². The van der Waals surface area contributed by atoms with Gasteiger partial charge in [0, 0.05) is 13.5 Å². The Balaban J connectivity index is 4.33. The van der Waals surface area contributed by atoms with Gasteiger partial charge in [-0.15, -0.1) is 0 Å². The molecule has 0 aliphatic rings. The molecule has 1 atom stereocenters. The summed E-state index contributed by atoms with van der Waals surface area (Å²) in [6.07, 6.45) is 2.06. The molecule has 0 aromatic carbocycles. The predicted octanol–water partition coefficient (Wildman–Crippen LogP) is 1.00. The van der Waals surface area contributed by atoms with E-state index in [9.17, 15) is 4.79 Å². The van der Waals surface area contributed by atoms with E-state index < -0.39 is 0 Å². The number of carbonyl (C=O) groups excluding carboxylic acids is 1. The number of quaternary nitrogens is 1. The molecule has 0 aliphatic heterocycles. The van der Waals surface area contributed by atoms with E-state index in [0.29, 0.717) is 4.48 Å². The molecule has 0 heterocycles. The number of carbonyl (C=O) groups is 1. The summed E-state index contributed by atoms with van der Waals surface area (Å²) in [6, 6.07) is 0. The number of amides is 1. The predicted molar refractivity (Wildman–Crippen MR) is 56.2 cm³/mol. The number of likely N-dealkylation sites (N-methyl/N-ethyl adjacent to an activating group) is 1. The number of rotatable bonds is 5. The topological polar surface area (TPSA) is 29.5 Å². The van der Waals surface area contributed by atoms with Crippen LogP contribution >= 0.6 is 0 Å². The second-order valence-corrected chi connectivity index (χ2v) is 4.12. The number of hydrogen-bond acceptors (Lipinski definition) is 2. The lowest BCUT2D eigenvalue weighted by atomic mass is 10.3. The molecule has 0 radical (unpaired) electrons. The van der Waals surface area contributed by atoms with Crippen LogP contribution < -0.4 is 0 Å². The summed E-state index contributed by atoms with van der Waals surface area (Å²) in [7, 11) is 7.68. The van der Waals surface area contributed by atoms with Gasteiger partial charge in [-0.05, 0) is 6.08 Å². The zero-order valence-corrected chi connectivity index (χ0v) is 9.78. The minimum absolute atomic E-state index is 0.0242. The normalized spacial score (nSPS) is 13.5. The fourth-order valence-electron chi connectivity index (χ4n) is 1.13. The van der Waals surface area contributed by atoms with Gasteiger partial charge in [-0.1, -0.05) is 13.5 Å². The van der Waals surface area contributed by atoms with Gasteiger partial charge in [0.15, 0.2) is 0 Å². The number of nitrogens with zero attached hydrogens (tertiary/aromatic N) is 2. The van der Waals surface area contributed by atoms with Crippen LogP contribution in [0.5, 0.6) is 0 Å². The Labute approximate surface area is 86.3 Å². The van der Waals surface area contributed by atoms with Gasteiger partial charge in [0.2, 0.25) is 6.23 Å². The van der Waals surface area contributed by atoms with Crippen LogP contribution in [0, 0.1) is 0 Å². The largest absolute Gasteiger partial charge is 0.304 e. The van der Waals surface area contributed by atoms with Crippen LogP contribution in [-0.4, -0.2) is 49.9 Å². The first-order valence-corrected chi connectivity index (χ1v) is 4.71. The van der Waals surface area contributed by atoms with Crippen molar-refractivity contribution in [1.29, 1.82) is 0 Å². The zero-order valence-electron chi connectivity index (χ0n) is 9.78. The first kappa shape index (κ1) is 13.1. The molecule has 14 heavy (non-hydrogen) atoms. The van der Waals surface area contributed by atoms with Crippen LogP contribution in [0.1, 0.15) is 13.3 Å². The SMILES string of the molecule is C=CC(=O)N(C)OC(CC)[N+](C)(C)C. The Kier molecular flexibility index (Phi) is 4.80. The van der Waals surface area contributed by atoms with Crippen LogP contribution in [0.2, 0.25) is 0 Å². The van der Waals surface area contributed by atoms with Crippen LogP contribution in [0.4, 0.5) is 0 Å². The standard InChI is InChI=1S/C10H21N2O2/c1-7-9(13)11(3)14-10(8-2)12(4,5)6/h7,10H,1,8H2,2-6H3/q+1. The van der Waals surface area contributed by atoms with E-state index in [0.717, 1.165) is 6.42 Å². The third kappa shape index (κ3) is 3.89. The van der Waals surface area contributed by atoms with E-state index in [4.69, 9.17) is 4.84 Å². The van der Waals surface area contributed by atoms with Crippen molar-refractivity contribution in [3.8, 4) is 0 Å². The van der Waals surface area contributed by atoms with Crippen molar-refractivity contribution in [1.82, 2.24) is 5.06 Å². The van der Waals surface area contributed by atoms with Gasteiger partial charge in [0.1, 0.15) is 0 Å². The summed E-state index contributed by atoms with van der Waals surface area (Å²) < 4.78 is 0.658. The van der Waals surface area contributed by atoms with Crippen molar-refractivity contribution in [2.75, 3.05) is 28.2 Å². The smallest absolute Gasteiger partial charge is 0.269 e. The molecule has 0 N–H and O–H groups in total. The van der Waals surface area contributed by atoms with Crippen molar-refractivity contribution in [3.63, 3.8) is 0 Å². The molecule has 1 amide bonds. The van der Waals surface area contributed by atoms with E-state index in [-0.39, 0.29) is 12.1 Å². The lowest BCUT2D eigenvalue weighted by molar-refractivity contribution is -0.924. The Bertz CT molecular complexity index is 209. The molecule has 0 bridgehead atoms. The first-order chi connectivity index (χ1) is 6.32. The molecule has 4 nitrogen and oxygen atoms in total. The number of hydroxylamine groups is 2. The fourth-order valence-corrected chi connectivity index (χ4v) is 1.13. The monoisotopic (exact) mass is 201 g/mol. The Morgan fingerprint density at radius 3 is 2.36 bits per heavy atom. The molecule has 0 aromatic rings. The van der Waals surface area contributed by atoms with E-state index in [1.165, 1.54) is 11.1 Å². The van der Waals surface area contributed by atoms with E-state index in [2.05, 4.69) is 6.58 Å². The molecule has 82 valence electrons. The molecule has 0 saturated heterocycles. The number of hydrogen-bond donors (Lipinski definition) is 0. The lowest BCUT2D eigenvalue weighted by Crippen LogP contribution is -2.49. The maximum Gasteiger partial charge on any atom is 0.269 e. The molecule has 1 unspecified atom stereocenters. The molecule has 0 spiro atoms. The molecular formula is C10H21N2O2+. The highest BCUT2D eigenvalue weighted by Gasteiger charge is 2.25. The lowest BCUT2D eigenvalue weighted by Gasteiger charge is -2.34. The molecule has 4 heteroatoms. The summed E-state index contributed by atoms with van der Waals surface area (Å²) in [5, 5.41) is 1.23. The van der Waals surface area contributed by atoms with Crippen molar-refractivity contribution in [3.05, 3.63) is 12.7 Å². The van der Waals surface area contributed by atoms with Gasteiger partial charge in [-0.3, -0.25) is 4.79 Å². The van der Waals surface area contributed by atoms with Crippen LogP contribution in [0.25, 0.3) is 0 Å². The summed E-state index contributed by atoms with van der Waals surface area (Å²) in [6.45, 7) is 5.43. The molecule has 0 aliphatic carbocycles. The van der Waals surface area contributed by atoms with E-state index >= 15 is 0 Å². The highest BCUT2D eigenvalue weighted by Crippen LogP contribution is 2.10. The molecule has 0 rings (SSSR count). The summed E-state index contributed by atoms with van der Waals surface area (Å²) >= 11 is 0. The maximum absolute atomic E-state index is 11.2. The van der Waals surface area contributed by atoms with Crippen LogP contribution in [0.3, 0.4) is 0 Å². The third-order valence-corrected chi connectivity index (χ3v) is 1.98. The molecular weight excluding hydrogens is 180 g/mol. The van der Waals surface area contributed by atoms with Gasteiger partial charge in [-0.25, -0.2) is 9.90 Å². The second kappa shape index (κ2) is 5.12.